The molecule has 0 spiro atoms. The predicted molar refractivity (Wildman–Crippen MR) is 151 cm³/mol. The van der Waals surface area contributed by atoms with E-state index in [1.165, 1.54) is 49.4 Å². The first-order valence-electron chi connectivity index (χ1n) is 11.1. The molecule has 32 heavy (non-hydrogen) atoms. The van der Waals surface area contributed by atoms with E-state index in [1.54, 1.807) is 0 Å². The molecule has 0 amide bonds. The Morgan fingerprint density at radius 3 is 2.06 bits per heavy atom. The van der Waals surface area contributed by atoms with Crippen molar-refractivity contribution in [2.24, 2.45) is 0 Å². The smallest absolute Gasteiger partial charge is 0.00695 e. The molecule has 0 saturated carbocycles. The van der Waals surface area contributed by atoms with Gasteiger partial charge in [0.25, 0.3) is 0 Å². The highest BCUT2D eigenvalue weighted by Gasteiger charge is 2.13. The van der Waals surface area contributed by atoms with E-state index in [0.29, 0.717) is 0 Å². The Morgan fingerprint density at radius 1 is 0.875 bits per heavy atom. The van der Waals surface area contributed by atoms with Crippen LogP contribution in [-0.2, 0) is 0 Å². The van der Waals surface area contributed by atoms with Crippen molar-refractivity contribution in [2.45, 2.75) is 55.9 Å². The van der Waals surface area contributed by atoms with Gasteiger partial charge in [0.2, 0.25) is 0 Å². The largest absolute Gasteiger partial charge is 0.0984 e. The van der Waals surface area contributed by atoms with E-state index >= 15 is 0 Å². The molecule has 0 N–H and O–H groups in total. The van der Waals surface area contributed by atoms with Gasteiger partial charge < -0.3 is 0 Å². The van der Waals surface area contributed by atoms with Crippen LogP contribution in [0.25, 0.3) is 39.3 Å². The van der Waals surface area contributed by atoms with Gasteiger partial charge in [-0.25, -0.2) is 0 Å². The average Bonchev–Trinajstić information content (AvgIpc) is 2.78. The Balaban J connectivity index is 0.00000166. The molecular formula is C32H40. The quantitative estimate of drug-likeness (QED) is 0.365. The number of allylic oxidation sites excluding steroid dienone is 4. The zero-order valence-electron chi connectivity index (χ0n) is 20.3. The zero-order chi connectivity index (χ0) is 23.1. The van der Waals surface area contributed by atoms with Gasteiger partial charge in [0.1, 0.15) is 0 Å². The summed E-state index contributed by atoms with van der Waals surface area (Å²) in [5.41, 5.74) is 8.35. The van der Waals surface area contributed by atoms with E-state index in [-0.39, 0.29) is 7.43 Å². The lowest BCUT2D eigenvalue weighted by atomic mass is 9.88. The minimum absolute atomic E-state index is 0. The van der Waals surface area contributed by atoms with E-state index in [0.717, 1.165) is 11.1 Å². The minimum atomic E-state index is 0. The van der Waals surface area contributed by atoms with E-state index in [1.807, 2.05) is 19.9 Å². The standard InChI is InChI=1S/C29H30.C2H6.CH4/c1-8-20(5)10-14-24-16-17-25-15-12-21(6)11-13-23(9-2)28-22(7)29(25)27(24)18-26(28)19(3)4;1-2;/h8-18H,2-3H2,1,4-7H3;1-2H3;1H4/b13-11?,14-10-,15-12?,20-8+,21-11?,21-12?,23-13?,25-15?,28-23?;;. The summed E-state index contributed by atoms with van der Waals surface area (Å²) >= 11 is 0. The van der Waals surface area contributed by atoms with Gasteiger partial charge in [0, 0.05) is 0 Å². The third-order valence-corrected chi connectivity index (χ3v) is 5.62. The summed E-state index contributed by atoms with van der Waals surface area (Å²) in [4.78, 5) is 0. The molecule has 0 fully saturated rings. The highest BCUT2D eigenvalue weighted by molar-refractivity contribution is 6.11. The lowest BCUT2D eigenvalue weighted by molar-refractivity contribution is 1.48. The maximum atomic E-state index is 4.28. The maximum absolute atomic E-state index is 4.28. The molecule has 0 atom stereocenters. The van der Waals surface area contributed by atoms with Crippen molar-refractivity contribution in [1.29, 1.82) is 0 Å². The topological polar surface area (TPSA) is 0 Å². The molecule has 3 rings (SSSR count). The Kier molecular flexibility index (Phi) is 10.1. The van der Waals surface area contributed by atoms with Gasteiger partial charge in [0.15, 0.2) is 0 Å². The molecule has 0 heteroatoms. The van der Waals surface area contributed by atoms with Gasteiger partial charge >= 0.3 is 0 Å². The van der Waals surface area contributed by atoms with Crippen molar-refractivity contribution in [3.63, 3.8) is 0 Å². The summed E-state index contributed by atoms with van der Waals surface area (Å²) in [5, 5.41) is 5.03. The van der Waals surface area contributed by atoms with Crippen molar-refractivity contribution in [2.75, 3.05) is 0 Å². The second kappa shape index (κ2) is 12.1. The van der Waals surface area contributed by atoms with Crippen LogP contribution in [-0.4, -0.2) is 0 Å². The molecule has 0 aliphatic carbocycles. The Morgan fingerprint density at radius 2 is 1.47 bits per heavy atom. The summed E-state index contributed by atoms with van der Waals surface area (Å²) < 4.78 is 0. The summed E-state index contributed by atoms with van der Waals surface area (Å²) in [5.74, 6) is 0. The van der Waals surface area contributed by atoms with Gasteiger partial charge in [-0.1, -0.05) is 112 Å². The van der Waals surface area contributed by atoms with Crippen LogP contribution in [0.4, 0.5) is 0 Å². The third kappa shape index (κ3) is 5.56. The first-order valence-corrected chi connectivity index (χ1v) is 11.1. The first kappa shape index (κ1) is 26.9. The number of aryl methyl sites for hydroxylation is 2. The molecule has 0 heterocycles. The fraction of sp³-hybridized carbons (Fsp3) is 0.250. The maximum Gasteiger partial charge on any atom is -0.00695 e. The number of rotatable bonds is 4. The summed E-state index contributed by atoms with van der Waals surface area (Å²) in [6.07, 6.45) is 8.47. The Bertz CT molecular complexity index is 1210. The fourth-order valence-corrected chi connectivity index (χ4v) is 3.83. The van der Waals surface area contributed by atoms with Crippen LogP contribution in [0.5, 0.6) is 0 Å². The molecule has 0 unspecified atom stereocenters. The van der Waals surface area contributed by atoms with E-state index < -0.39 is 0 Å². The third-order valence-electron chi connectivity index (χ3n) is 5.62. The van der Waals surface area contributed by atoms with Crippen LogP contribution in [0.2, 0.25) is 0 Å². The highest BCUT2D eigenvalue weighted by Crippen LogP contribution is 2.36. The van der Waals surface area contributed by atoms with Crippen molar-refractivity contribution < 1.29 is 0 Å². The number of benzene rings is 2. The van der Waals surface area contributed by atoms with Gasteiger partial charge in [0.05, 0.1) is 0 Å². The molecule has 0 aromatic heterocycles. The van der Waals surface area contributed by atoms with Crippen LogP contribution in [0.3, 0.4) is 0 Å². The normalized spacial score (nSPS) is 11.0. The Hall–Kier alpha value is -3.12. The summed E-state index contributed by atoms with van der Waals surface area (Å²) in [6, 6.07) is 15.5. The molecule has 0 aliphatic rings. The van der Waals surface area contributed by atoms with E-state index in [2.05, 4.69) is 108 Å². The number of hydrogen-bond acceptors (Lipinski definition) is 0. The van der Waals surface area contributed by atoms with Crippen molar-refractivity contribution in [3.8, 4) is 0 Å². The molecule has 0 nitrogen and oxygen atoms in total. The highest BCUT2D eigenvalue weighted by atomic mass is 14.2. The van der Waals surface area contributed by atoms with Gasteiger partial charge in [-0.05, 0) is 84.5 Å². The fourth-order valence-electron chi connectivity index (χ4n) is 3.83. The number of hydrogen-bond donors (Lipinski definition) is 0. The lowest BCUT2D eigenvalue weighted by Crippen LogP contribution is -1.93. The molecule has 0 radical (unpaired) electrons. The van der Waals surface area contributed by atoms with Crippen LogP contribution in [0.15, 0.2) is 73.3 Å². The van der Waals surface area contributed by atoms with E-state index in [4.69, 9.17) is 0 Å². The predicted octanol–water partition coefficient (Wildman–Crippen LogP) is 10.5. The Labute approximate surface area is 196 Å². The van der Waals surface area contributed by atoms with Crippen LogP contribution in [0.1, 0.15) is 69.9 Å². The summed E-state index contributed by atoms with van der Waals surface area (Å²) in [6.45, 7) is 23.0. The summed E-state index contributed by atoms with van der Waals surface area (Å²) in [7, 11) is 0. The minimum Gasteiger partial charge on any atom is -0.0984 e. The van der Waals surface area contributed by atoms with Crippen molar-refractivity contribution in [3.05, 3.63) is 101 Å². The molecule has 0 saturated heterocycles. The SMILES string of the molecule is C.C=Cc1ccc(C)ccc2ccc(/C=C\C(C)=C\C)c3cc(C(=C)C)c1c(C)c23.CC. The van der Waals surface area contributed by atoms with Crippen LogP contribution >= 0.6 is 0 Å². The van der Waals surface area contributed by atoms with Crippen molar-refractivity contribution >= 4 is 39.3 Å². The van der Waals surface area contributed by atoms with Gasteiger partial charge in [-0.2, -0.15) is 0 Å². The molecule has 3 aromatic rings. The molecule has 2 bridgehead atoms. The second-order valence-electron chi connectivity index (χ2n) is 7.81. The van der Waals surface area contributed by atoms with Gasteiger partial charge in [-0.15, -0.1) is 0 Å². The first-order chi connectivity index (χ1) is 14.9. The molecule has 168 valence electrons. The molecule has 3 aromatic carbocycles. The average molecular weight is 425 g/mol. The van der Waals surface area contributed by atoms with E-state index in [9.17, 15) is 0 Å². The van der Waals surface area contributed by atoms with Gasteiger partial charge in [-0.3, -0.25) is 0 Å². The number of fused-ring (bicyclic) bond motifs is 1. The molecule has 0 aliphatic heterocycles. The second-order valence-corrected chi connectivity index (χ2v) is 7.81. The van der Waals surface area contributed by atoms with Crippen LogP contribution < -0.4 is 0 Å². The molecular weight excluding hydrogens is 384 g/mol. The monoisotopic (exact) mass is 424 g/mol. The van der Waals surface area contributed by atoms with Crippen molar-refractivity contribution in [1.82, 2.24) is 0 Å². The lowest BCUT2D eigenvalue weighted by Gasteiger charge is -2.16. The van der Waals surface area contributed by atoms with Crippen LogP contribution in [0, 0.1) is 13.8 Å². The zero-order valence-corrected chi connectivity index (χ0v) is 20.3.